The number of aryl methyl sites for hydroxylation is 1. The van der Waals surface area contributed by atoms with Crippen molar-refractivity contribution in [1.29, 1.82) is 0 Å². The number of likely N-dealkylation sites (tertiary alicyclic amines) is 1. The summed E-state index contributed by atoms with van der Waals surface area (Å²) in [5.74, 6) is -1.76. The Morgan fingerprint density at radius 1 is 1.19 bits per heavy atom. The van der Waals surface area contributed by atoms with Gasteiger partial charge in [0.25, 0.3) is 11.7 Å². The van der Waals surface area contributed by atoms with Crippen LogP contribution in [0.4, 0.5) is 0 Å². The number of carbonyl (C=O) groups excluding carboxylic acids is 2. The molecule has 1 aliphatic rings. The van der Waals surface area contributed by atoms with E-state index in [2.05, 4.69) is 4.98 Å². The minimum atomic E-state index is -0.836. The molecule has 3 heterocycles. The van der Waals surface area contributed by atoms with Gasteiger partial charge in [-0.25, -0.2) is 4.98 Å². The number of hydrogen-bond acceptors (Lipinski definition) is 6. The van der Waals surface area contributed by atoms with Crippen LogP contribution in [0.15, 0.2) is 54.2 Å². The number of aliphatic hydroxyl groups is 1. The molecule has 1 aromatic carbocycles. The third-order valence-electron chi connectivity index (χ3n) is 5.40. The number of imidazole rings is 1. The summed E-state index contributed by atoms with van der Waals surface area (Å²) in [5.41, 5.74) is 2.01. The summed E-state index contributed by atoms with van der Waals surface area (Å²) in [6.45, 7) is 2.42. The first-order valence-electron chi connectivity index (χ1n) is 9.94. The summed E-state index contributed by atoms with van der Waals surface area (Å²) in [4.78, 5) is 31.8. The van der Waals surface area contributed by atoms with Crippen molar-refractivity contribution in [2.24, 2.45) is 0 Å². The van der Waals surface area contributed by atoms with Crippen LogP contribution in [-0.4, -0.2) is 56.4 Å². The van der Waals surface area contributed by atoms with Gasteiger partial charge in [-0.05, 0) is 43.2 Å². The van der Waals surface area contributed by atoms with Gasteiger partial charge in [0.05, 0.1) is 17.3 Å². The van der Waals surface area contributed by atoms with Crippen LogP contribution in [0.25, 0.3) is 11.4 Å². The van der Waals surface area contributed by atoms with Gasteiger partial charge in [0, 0.05) is 26.5 Å². The average molecular weight is 421 g/mol. The van der Waals surface area contributed by atoms with Crippen LogP contribution < -0.4 is 0 Å². The normalized spacial score (nSPS) is 18.3. The van der Waals surface area contributed by atoms with Gasteiger partial charge in [-0.1, -0.05) is 18.2 Å². The predicted octanol–water partition coefficient (Wildman–Crippen LogP) is 2.81. The summed E-state index contributed by atoms with van der Waals surface area (Å²) < 4.78 is 6.77. The smallest absolute Gasteiger partial charge is 0.295 e. The van der Waals surface area contributed by atoms with Gasteiger partial charge in [-0.3, -0.25) is 14.0 Å². The lowest BCUT2D eigenvalue weighted by Gasteiger charge is -2.25. The maximum Gasteiger partial charge on any atom is 0.295 e. The highest BCUT2D eigenvalue weighted by molar-refractivity contribution is 6.46. The van der Waals surface area contributed by atoms with Crippen LogP contribution >= 0.6 is 0 Å². The van der Waals surface area contributed by atoms with Crippen molar-refractivity contribution in [1.82, 2.24) is 14.3 Å². The van der Waals surface area contributed by atoms with Gasteiger partial charge in [-0.2, -0.15) is 0 Å². The summed E-state index contributed by atoms with van der Waals surface area (Å²) in [6.07, 6.45) is 2.26. The third kappa shape index (κ3) is 3.55. The summed E-state index contributed by atoms with van der Waals surface area (Å²) in [6, 6.07) is 10.9. The predicted molar refractivity (Wildman–Crippen MR) is 114 cm³/mol. The van der Waals surface area contributed by atoms with Crippen molar-refractivity contribution in [3.05, 3.63) is 71.2 Å². The number of pyridine rings is 1. The van der Waals surface area contributed by atoms with E-state index >= 15 is 0 Å². The lowest BCUT2D eigenvalue weighted by atomic mass is 9.96. The molecular formula is C23H23N3O5. The average Bonchev–Trinajstić information content (AvgIpc) is 3.22. The molecule has 0 bridgehead atoms. The van der Waals surface area contributed by atoms with Gasteiger partial charge in [0.2, 0.25) is 0 Å². The van der Waals surface area contributed by atoms with Gasteiger partial charge in [0.1, 0.15) is 17.1 Å². The molecule has 8 nitrogen and oxygen atoms in total. The van der Waals surface area contributed by atoms with E-state index in [-0.39, 0.29) is 23.6 Å². The number of ether oxygens (including phenoxy) is 1. The van der Waals surface area contributed by atoms with E-state index in [9.17, 15) is 19.8 Å². The molecule has 1 saturated heterocycles. The number of fused-ring (bicyclic) bond motifs is 1. The fraction of sp³-hybridized carbons (Fsp3) is 0.261. The number of methoxy groups -OCH3 is 1. The number of ketones is 1. The molecule has 0 spiro atoms. The van der Waals surface area contributed by atoms with Crippen LogP contribution in [0.5, 0.6) is 5.75 Å². The van der Waals surface area contributed by atoms with Crippen LogP contribution in [0.1, 0.15) is 29.4 Å². The number of hydrogen-bond donors (Lipinski definition) is 2. The Kier molecular flexibility index (Phi) is 5.48. The van der Waals surface area contributed by atoms with Gasteiger partial charge >= 0.3 is 0 Å². The molecule has 1 aliphatic heterocycles. The minimum absolute atomic E-state index is 0.00552. The number of aromatic hydroxyl groups is 1. The van der Waals surface area contributed by atoms with Crippen molar-refractivity contribution in [2.75, 3.05) is 20.3 Å². The van der Waals surface area contributed by atoms with Crippen molar-refractivity contribution >= 4 is 23.1 Å². The maximum absolute atomic E-state index is 13.1. The molecule has 0 radical (unpaired) electrons. The van der Waals surface area contributed by atoms with Gasteiger partial charge in [-0.15, -0.1) is 0 Å². The molecule has 0 saturated carbocycles. The highest BCUT2D eigenvalue weighted by atomic mass is 16.5. The number of benzene rings is 1. The summed E-state index contributed by atoms with van der Waals surface area (Å²) in [5, 5.41) is 21.3. The van der Waals surface area contributed by atoms with Crippen LogP contribution in [0.3, 0.4) is 0 Å². The van der Waals surface area contributed by atoms with Crippen LogP contribution in [0.2, 0.25) is 0 Å². The number of Topliss-reactive ketones (excluding diaryl/α,β-unsaturated/α-hetero) is 1. The van der Waals surface area contributed by atoms with Gasteiger partial charge < -0.3 is 19.8 Å². The first kappa shape index (κ1) is 20.6. The lowest BCUT2D eigenvalue weighted by molar-refractivity contribution is -0.140. The Labute approximate surface area is 179 Å². The second-order valence-electron chi connectivity index (χ2n) is 7.41. The molecule has 160 valence electrons. The number of amides is 1. The van der Waals surface area contributed by atoms with Gasteiger partial charge in [0.15, 0.2) is 5.76 Å². The molecule has 1 fully saturated rings. The van der Waals surface area contributed by atoms with Crippen molar-refractivity contribution in [3.63, 3.8) is 0 Å². The molecule has 1 atom stereocenters. The molecule has 8 heteroatoms. The number of nitrogens with zero attached hydrogens (tertiary/aromatic N) is 3. The SMILES string of the molecule is COCCCN1C(=O)C(=O)C(=C(O)c2c(C)nc3ccccn23)C1c1cccc(O)c1. The zero-order valence-corrected chi connectivity index (χ0v) is 17.3. The molecule has 1 amide bonds. The summed E-state index contributed by atoms with van der Waals surface area (Å²) >= 11 is 0. The quantitative estimate of drug-likeness (QED) is 0.275. The second kappa shape index (κ2) is 8.23. The van der Waals surface area contributed by atoms with E-state index < -0.39 is 17.7 Å². The first-order valence-corrected chi connectivity index (χ1v) is 9.94. The second-order valence-corrected chi connectivity index (χ2v) is 7.41. The van der Waals surface area contributed by atoms with E-state index in [1.54, 1.807) is 48.9 Å². The fourth-order valence-corrected chi connectivity index (χ4v) is 4.06. The Morgan fingerprint density at radius 2 is 2.00 bits per heavy atom. The molecule has 4 rings (SSSR count). The van der Waals surface area contributed by atoms with Crippen LogP contribution in [0, 0.1) is 6.92 Å². The minimum Gasteiger partial charge on any atom is -0.508 e. The Hall–Kier alpha value is -3.65. The molecular weight excluding hydrogens is 398 g/mol. The van der Waals surface area contributed by atoms with E-state index in [1.807, 2.05) is 6.07 Å². The molecule has 1 unspecified atom stereocenters. The van der Waals surface area contributed by atoms with E-state index in [0.717, 1.165) is 0 Å². The third-order valence-corrected chi connectivity index (χ3v) is 5.40. The van der Waals surface area contributed by atoms with Crippen molar-refractivity contribution < 1.29 is 24.5 Å². The number of aromatic nitrogens is 2. The Morgan fingerprint density at radius 3 is 2.74 bits per heavy atom. The highest BCUT2D eigenvalue weighted by Crippen LogP contribution is 2.40. The standard InChI is InChI=1S/C23H23N3O5/c1-14-19(25-10-4-3-9-17(25)24-14)21(28)18-20(15-7-5-8-16(27)13-15)26(11-6-12-31-2)23(30)22(18)29/h3-5,7-10,13,20,27-28H,6,11-12H2,1-2H3. The number of phenols is 1. The Bertz CT molecular complexity index is 1200. The Balaban J connectivity index is 1.91. The highest BCUT2D eigenvalue weighted by Gasteiger charge is 2.46. The molecule has 2 aromatic heterocycles. The monoisotopic (exact) mass is 421 g/mol. The number of aliphatic hydroxyl groups excluding tert-OH is 1. The number of carbonyl (C=O) groups is 2. The number of rotatable bonds is 6. The fourth-order valence-electron chi connectivity index (χ4n) is 4.06. The lowest BCUT2D eigenvalue weighted by Crippen LogP contribution is -2.31. The zero-order valence-electron chi connectivity index (χ0n) is 17.3. The van der Waals surface area contributed by atoms with E-state index in [1.165, 1.54) is 17.0 Å². The largest absolute Gasteiger partial charge is 0.508 e. The summed E-state index contributed by atoms with van der Waals surface area (Å²) in [7, 11) is 1.56. The maximum atomic E-state index is 13.1. The van der Waals surface area contributed by atoms with E-state index in [0.29, 0.717) is 35.6 Å². The topological polar surface area (TPSA) is 104 Å². The molecule has 3 aromatic rings. The van der Waals surface area contributed by atoms with Crippen molar-refractivity contribution in [3.8, 4) is 5.75 Å². The van der Waals surface area contributed by atoms with Crippen molar-refractivity contribution in [2.45, 2.75) is 19.4 Å². The van der Waals surface area contributed by atoms with E-state index in [4.69, 9.17) is 4.74 Å². The number of phenolic OH excluding ortho intramolecular Hbond substituents is 1. The molecule has 31 heavy (non-hydrogen) atoms. The zero-order chi connectivity index (χ0) is 22.1. The molecule has 0 aliphatic carbocycles. The van der Waals surface area contributed by atoms with Crippen LogP contribution in [-0.2, 0) is 14.3 Å². The molecule has 2 N–H and O–H groups in total. The first-order chi connectivity index (χ1) is 14.9.